The predicted molar refractivity (Wildman–Crippen MR) is 78.0 cm³/mol. The Morgan fingerprint density at radius 2 is 2.14 bits per heavy atom. The number of aromatic nitrogens is 2. The molecule has 106 valence electrons. The summed E-state index contributed by atoms with van der Waals surface area (Å²) in [5.74, 6) is 0.716. The van der Waals surface area contributed by atoms with Crippen molar-refractivity contribution in [3.63, 3.8) is 0 Å². The molecule has 2 aromatic heterocycles. The van der Waals surface area contributed by atoms with Gasteiger partial charge in [-0.2, -0.15) is 0 Å². The molecule has 5 heteroatoms. The zero-order valence-electron chi connectivity index (χ0n) is 11.5. The van der Waals surface area contributed by atoms with E-state index in [1.165, 1.54) is 0 Å². The molecule has 0 spiro atoms. The topological polar surface area (TPSA) is 63.8 Å². The Balaban J connectivity index is 2.00. The molecule has 3 aromatic rings. The first-order valence-electron chi connectivity index (χ1n) is 6.50. The average Bonchev–Trinajstić information content (AvgIpc) is 2.90. The van der Waals surface area contributed by atoms with Gasteiger partial charge in [0.25, 0.3) is 0 Å². The molecule has 0 fully saturated rings. The summed E-state index contributed by atoms with van der Waals surface area (Å²) in [4.78, 5) is 15.4. The molecule has 0 aliphatic rings. The molecule has 0 amide bonds. The van der Waals surface area contributed by atoms with Gasteiger partial charge in [-0.15, -0.1) is 0 Å². The SMILES string of the molecule is COc1ccccc1Cc1ncc2cc(C(=O)O)ccn12. The summed E-state index contributed by atoms with van der Waals surface area (Å²) in [6, 6.07) is 11.0. The van der Waals surface area contributed by atoms with E-state index in [0.717, 1.165) is 22.7 Å². The minimum atomic E-state index is -0.940. The minimum absolute atomic E-state index is 0.256. The van der Waals surface area contributed by atoms with E-state index in [-0.39, 0.29) is 5.56 Å². The van der Waals surface area contributed by atoms with Crippen LogP contribution in [0.5, 0.6) is 5.75 Å². The number of hydrogen-bond acceptors (Lipinski definition) is 3. The van der Waals surface area contributed by atoms with Gasteiger partial charge in [-0.1, -0.05) is 18.2 Å². The summed E-state index contributed by atoms with van der Waals surface area (Å²) in [5, 5.41) is 9.01. The predicted octanol–water partition coefficient (Wildman–Crippen LogP) is 2.63. The van der Waals surface area contributed by atoms with Gasteiger partial charge >= 0.3 is 5.97 Å². The number of carboxylic acids is 1. The van der Waals surface area contributed by atoms with Gasteiger partial charge in [0.05, 0.1) is 24.4 Å². The lowest BCUT2D eigenvalue weighted by Crippen LogP contribution is -2.01. The fraction of sp³-hybridized carbons (Fsp3) is 0.125. The van der Waals surface area contributed by atoms with Crippen LogP contribution in [0.4, 0.5) is 0 Å². The van der Waals surface area contributed by atoms with Crippen molar-refractivity contribution in [3.8, 4) is 5.75 Å². The molecule has 21 heavy (non-hydrogen) atoms. The van der Waals surface area contributed by atoms with Crippen LogP contribution in [0.2, 0.25) is 0 Å². The van der Waals surface area contributed by atoms with Crippen LogP contribution >= 0.6 is 0 Å². The first-order chi connectivity index (χ1) is 10.2. The first kappa shape index (κ1) is 13.2. The fourth-order valence-electron chi connectivity index (χ4n) is 2.34. The highest BCUT2D eigenvalue weighted by atomic mass is 16.5. The van der Waals surface area contributed by atoms with Crippen molar-refractivity contribution in [2.45, 2.75) is 6.42 Å². The Labute approximate surface area is 121 Å². The van der Waals surface area contributed by atoms with Crippen molar-refractivity contribution < 1.29 is 14.6 Å². The number of pyridine rings is 1. The van der Waals surface area contributed by atoms with E-state index >= 15 is 0 Å². The average molecular weight is 282 g/mol. The highest BCUT2D eigenvalue weighted by Gasteiger charge is 2.10. The quantitative estimate of drug-likeness (QED) is 0.799. The highest BCUT2D eigenvalue weighted by molar-refractivity contribution is 5.88. The molecule has 2 heterocycles. The van der Waals surface area contributed by atoms with Crippen LogP contribution in [0.3, 0.4) is 0 Å². The number of imidazole rings is 1. The van der Waals surface area contributed by atoms with Gasteiger partial charge < -0.3 is 14.2 Å². The number of ether oxygens (including phenoxy) is 1. The van der Waals surface area contributed by atoms with Crippen LogP contribution in [0.1, 0.15) is 21.7 Å². The van der Waals surface area contributed by atoms with Crippen LogP contribution in [0, 0.1) is 0 Å². The van der Waals surface area contributed by atoms with Gasteiger partial charge in [0, 0.05) is 18.2 Å². The van der Waals surface area contributed by atoms with E-state index in [1.54, 1.807) is 31.6 Å². The van der Waals surface area contributed by atoms with Crippen molar-refractivity contribution in [3.05, 3.63) is 65.7 Å². The normalized spacial score (nSPS) is 10.7. The molecular weight excluding hydrogens is 268 g/mol. The van der Waals surface area contributed by atoms with Crippen LogP contribution in [0.15, 0.2) is 48.8 Å². The molecule has 5 nitrogen and oxygen atoms in total. The lowest BCUT2D eigenvalue weighted by Gasteiger charge is -2.07. The molecular formula is C16H14N2O3. The van der Waals surface area contributed by atoms with Gasteiger partial charge in [0.15, 0.2) is 0 Å². The number of hydrogen-bond donors (Lipinski definition) is 1. The Hall–Kier alpha value is -2.82. The third-order valence-corrected chi connectivity index (χ3v) is 3.40. The molecule has 1 N–H and O–H groups in total. The second kappa shape index (κ2) is 5.28. The number of aromatic carboxylic acids is 1. The monoisotopic (exact) mass is 282 g/mol. The van der Waals surface area contributed by atoms with Crippen molar-refractivity contribution in [1.82, 2.24) is 9.38 Å². The largest absolute Gasteiger partial charge is 0.496 e. The lowest BCUT2D eigenvalue weighted by atomic mass is 10.1. The summed E-state index contributed by atoms with van der Waals surface area (Å²) < 4.78 is 7.23. The summed E-state index contributed by atoms with van der Waals surface area (Å²) >= 11 is 0. The molecule has 0 atom stereocenters. The van der Waals surface area contributed by atoms with Crippen molar-refractivity contribution >= 4 is 11.5 Å². The van der Waals surface area contributed by atoms with E-state index in [4.69, 9.17) is 9.84 Å². The van der Waals surface area contributed by atoms with Gasteiger partial charge in [0.2, 0.25) is 0 Å². The molecule has 0 saturated carbocycles. The maximum atomic E-state index is 11.0. The van der Waals surface area contributed by atoms with Gasteiger partial charge in [-0.05, 0) is 18.2 Å². The second-order valence-electron chi connectivity index (χ2n) is 4.68. The first-order valence-corrected chi connectivity index (χ1v) is 6.50. The molecule has 0 saturated heterocycles. The van der Waals surface area contributed by atoms with Crippen molar-refractivity contribution in [1.29, 1.82) is 0 Å². The maximum Gasteiger partial charge on any atom is 0.335 e. The summed E-state index contributed by atoms with van der Waals surface area (Å²) in [6.07, 6.45) is 4.03. The van der Waals surface area contributed by atoms with Crippen molar-refractivity contribution in [2.24, 2.45) is 0 Å². The van der Waals surface area contributed by atoms with Crippen LogP contribution in [-0.4, -0.2) is 27.6 Å². The third kappa shape index (κ3) is 2.45. The number of methoxy groups -OCH3 is 1. The molecule has 1 aromatic carbocycles. The highest BCUT2D eigenvalue weighted by Crippen LogP contribution is 2.21. The number of para-hydroxylation sites is 1. The number of fused-ring (bicyclic) bond motifs is 1. The molecule has 0 unspecified atom stereocenters. The van der Waals surface area contributed by atoms with E-state index in [1.807, 2.05) is 28.7 Å². The van der Waals surface area contributed by atoms with Crippen molar-refractivity contribution in [2.75, 3.05) is 7.11 Å². The van der Waals surface area contributed by atoms with Crippen LogP contribution in [0.25, 0.3) is 5.52 Å². The van der Waals surface area contributed by atoms with E-state index < -0.39 is 5.97 Å². The molecule has 0 bridgehead atoms. The summed E-state index contributed by atoms with van der Waals surface area (Å²) in [7, 11) is 1.64. The lowest BCUT2D eigenvalue weighted by molar-refractivity contribution is 0.0697. The Kier molecular flexibility index (Phi) is 3.31. The number of carboxylic acid groups (broad SMARTS) is 1. The van der Waals surface area contributed by atoms with Gasteiger partial charge in [-0.25, -0.2) is 9.78 Å². The summed E-state index contributed by atoms with van der Waals surface area (Å²) in [5.41, 5.74) is 2.06. The summed E-state index contributed by atoms with van der Waals surface area (Å²) in [6.45, 7) is 0. The zero-order valence-corrected chi connectivity index (χ0v) is 11.5. The second-order valence-corrected chi connectivity index (χ2v) is 4.68. The number of carbonyl (C=O) groups is 1. The van der Waals surface area contributed by atoms with Crippen LogP contribution < -0.4 is 4.74 Å². The van der Waals surface area contributed by atoms with Crippen LogP contribution in [-0.2, 0) is 6.42 Å². The molecule has 0 aliphatic heterocycles. The number of benzene rings is 1. The third-order valence-electron chi connectivity index (χ3n) is 3.40. The van der Waals surface area contributed by atoms with E-state index in [9.17, 15) is 4.79 Å². The van der Waals surface area contributed by atoms with Gasteiger partial charge in [-0.3, -0.25) is 0 Å². The Morgan fingerprint density at radius 1 is 1.33 bits per heavy atom. The smallest absolute Gasteiger partial charge is 0.335 e. The molecule has 0 aliphatic carbocycles. The fourth-order valence-corrected chi connectivity index (χ4v) is 2.34. The van der Waals surface area contributed by atoms with Gasteiger partial charge in [0.1, 0.15) is 11.6 Å². The van der Waals surface area contributed by atoms with E-state index in [2.05, 4.69) is 4.98 Å². The van der Waals surface area contributed by atoms with E-state index in [0.29, 0.717) is 6.42 Å². The maximum absolute atomic E-state index is 11.0. The number of nitrogens with zero attached hydrogens (tertiary/aromatic N) is 2. The zero-order chi connectivity index (χ0) is 14.8. The number of rotatable bonds is 4. The molecule has 3 rings (SSSR count). The Bertz CT molecular complexity index is 808. The Morgan fingerprint density at radius 3 is 2.90 bits per heavy atom. The molecule has 0 radical (unpaired) electrons. The minimum Gasteiger partial charge on any atom is -0.496 e. The standard InChI is InChI=1S/C16H14N2O3/c1-21-14-5-3-2-4-11(14)9-15-17-10-13-8-12(16(19)20)6-7-18(13)15/h2-8,10H,9H2,1H3,(H,19,20).